The lowest BCUT2D eigenvalue weighted by atomic mass is 9.92. The number of hydrogen-bond acceptors (Lipinski definition) is 3. The van der Waals surface area contributed by atoms with Crippen LogP contribution in [0.5, 0.6) is 0 Å². The van der Waals surface area contributed by atoms with Crippen molar-refractivity contribution in [2.24, 2.45) is 5.92 Å². The van der Waals surface area contributed by atoms with Gasteiger partial charge in [-0.3, -0.25) is 0 Å². The van der Waals surface area contributed by atoms with Crippen LogP contribution in [-0.4, -0.2) is 53.7 Å². The Hall–Kier alpha value is -1.55. The molecule has 0 aliphatic carbocycles. The fourth-order valence-corrected chi connectivity index (χ4v) is 3.89. The zero-order valence-electron chi connectivity index (χ0n) is 15.2. The van der Waals surface area contributed by atoms with Gasteiger partial charge in [-0.1, -0.05) is 30.3 Å². The third-order valence-electron chi connectivity index (χ3n) is 5.13. The predicted octanol–water partition coefficient (Wildman–Crippen LogP) is 3.56. The quantitative estimate of drug-likeness (QED) is 0.849. The molecule has 2 aliphatic rings. The van der Waals surface area contributed by atoms with Crippen LogP contribution >= 0.6 is 0 Å². The maximum Gasteiger partial charge on any atom is 0.410 e. The van der Waals surface area contributed by atoms with Crippen molar-refractivity contribution in [3.8, 4) is 0 Å². The van der Waals surface area contributed by atoms with Crippen molar-refractivity contribution in [2.75, 3.05) is 26.2 Å². The minimum absolute atomic E-state index is 0.139. The van der Waals surface area contributed by atoms with E-state index < -0.39 is 5.60 Å². The molecule has 0 radical (unpaired) electrons. The van der Waals surface area contributed by atoms with Crippen LogP contribution in [0.3, 0.4) is 0 Å². The smallest absolute Gasteiger partial charge is 0.410 e. The van der Waals surface area contributed by atoms with Crippen LogP contribution < -0.4 is 0 Å². The van der Waals surface area contributed by atoms with Crippen LogP contribution in [0.1, 0.15) is 39.2 Å². The monoisotopic (exact) mass is 330 g/mol. The Bertz CT molecular complexity index is 553. The first-order valence-electron chi connectivity index (χ1n) is 9.18. The number of benzene rings is 1. The lowest BCUT2D eigenvalue weighted by Gasteiger charge is -2.38. The molecule has 0 aromatic heterocycles. The molecule has 2 fully saturated rings. The Morgan fingerprint density at radius 2 is 1.88 bits per heavy atom. The molecule has 1 aromatic carbocycles. The number of likely N-dealkylation sites (tertiary alicyclic amines) is 2. The third kappa shape index (κ3) is 4.29. The summed E-state index contributed by atoms with van der Waals surface area (Å²) < 4.78 is 5.60. The van der Waals surface area contributed by atoms with Gasteiger partial charge in [0.05, 0.1) is 6.04 Å². The maximum absolute atomic E-state index is 12.5. The van der Waals surface area contributed by atoms with Crippen LogP contribution in [0, 0.1) is 5.92 Å². The minimum Gasteiger partial charge on any atom is -0.444 e. The van der Waals surface area contributed by atoms with E-state index in [2.05, 4.69) is 35.2 Å². The van der Waals surface area contributed by atoms with E-state index in [0.717, 1.165) is 39.0 Å². The normalized spacial score (nSPS) is 24.7. The van der Waals surface area contributed by atoms with Gasteiger partial charge in [0.1, 0.15) is 5.60 Å². The molecule has 24 heavy (non-hydrogen) atoms. The van der Waals surface area contributed by atoms with E-state index in [1.54, 1.807) is 0 Å². The summed E-state index contributed by atoms with van der Waals surface area (Å²) in [5.41, 5.74) is 0.964. The van der Waals surface area contributed by atoms with Gasteiger partial charge in [-0.15, -0.1) is 0 Å². The van der Waals surface area contributed by atoms with Gasteiger partial charge in [0.15, 0.2) is 0 Å². The van der Waals surface area contributed by atoms with Crippen LogP contribution in [0.2, 0.25) is 0 Å². The summed E-state index contributed by atoms with van der Waals surface area (Å²) in [6, 6.07) is 11.0. The van der Waals surface area contributed by atoms with Gasteiger partial charge in [0.2, 0.25) is 0 Å². The van der Waals surface area contributed by atoms with Crippen LogP contribution in [-0.2, 0) is 11.2 Å². The fourth-order valence-electron chi connectivity index (χ4n) is 3.89. The van der Waals surface area contributed by atoms with E-state index in [4.69, 9.17) is 4.74 Å². The van der Waals surface area contributed by atoms with Crippen molar-refractivity contribution in [3.05, 3.63) is 35.9 Å². The predicted molar refractivity (Wildman–Crippen MR) is 96.0 cm³/mol. The first kappa shape index (κ1) is 17.3. The highest BCUT2D eigenvalue weighted by molar-refractivity contribution is 5.69. The van der Waals surface area contributed by atoms with Crippen LogP contribution in [0.25, 0.3) is 0 Å². The second-order valence-electron chi connectivity index (χ2n) is 8.11. The van der Waals surface area contributed by atoms with Gasteiger partial charge in [-0.25, -0.2) is 4.79 Å². The molecule has 132 valence electrons. The van der Waals surface area contributed by atoms with Gasteiger partial charge in [0.25, 0.3) is 0 Å². The van der Waals surface area contributed by atoms with Crippen molar-refractivity contribution in [1.82, 2.24) is 9.80 Å². The largest absolute Gasteiger partial charge is 0.444 e. The number of rotatable bonds is 3. The van der Waals surface area contributed by atoms with E-state index in [0.29, 0.717) is 12.0 Å². The summed E-state index contributed by atoms with van der Waals surface area (Å²) >= 11 is 0. The molecule has 0 bridgehead atoms. The SMILES string of the molecule is CC(C)(C)OC(=O)N1CCC2CCN(CCc3ccccc3)CC21. The molecule has 2 unspecified atom stereocenters. The Balaban J connectivity index is 1.56. The third-order valence-corrected chi connectivity index (χ3v) is 5.13. The fraction of sp³-hybridized carbons (Fsp3) is 0.650. The Kier molecular flexibility index (Phi) is 5.14. The summed E-state index contributed by atoms with van der Waals surface area (Å²) in [6.45, 7) is 9.85. The number of fused-ring (bicyclic) bond motifs is 1. The lowest BCUT2D eigenvalue weighted by Crippen LogP contribution is -2.51. The molecule has 1 amide bonds. The number of carbonyl (C=O) groups excluding carboxylic acids is 1. The average molecular weight is 330 g/mol. The topological polar surface area (TPSA) is 32.8 Å². The number of hydrogen-bond donors (Lipinski definition) is 0. The van der Waals surface area contributed by atoms with Gasteiger partial charge in [-0.2, -0.15) is 0 Å². The maximum atomic E-state index is 12.5. The van der Waals surface area contributed by atoms with Gasteiger partial charge >= 0.3 is 6.09 Å². The average Bonchev–Trinajstić information content (AvgIpc) is 2.95. The zero-order chi connectivity index (χ0) is 17.2. The summed E-state index contributed by atoms with van der Waals surface area (Å²) in [5, 5.41) is 0. The molecule has 0 spiro atoms. The summed E-state index contributed by atoms with van der Waals surface area (Å²) in [5.74, 6) is 0.644. The Morgan fingerprint density at radius 1 is 1.17 bits per heavy atom. The highest BCUT2D eigenvalue weighted by Crippen LogP contribution is 2.32. The lowest BCUT2D eigenvalue weighted by molar-refractivity contribution is 0.0126. The molecular formula is C20H30N2O2. The number of carbonyl (C=O) groups is 1. The number of nitrogens with zero attached hydrogens (tertiary/aromatic N) is 2. The molecule has 0 saturated carbocycles. The first-order valence-corrected chi connectivity index (χ1v) is 9.18. The molecule has 1 aromatic rings. The molecule has 3 rings (SSSR count). The van der Waals surface area contributed by atoms with Crippen LogP contribution in [0.4, 0.5) is 4.79 Å². The van der Waals surface area contributed by atoms with E-state index in [9.17, 15) is 4.79 Å². The summed E-state index contributed by atoms with van der Waals surface area (Å²) in [7, 11) is 0. The minimum atomic E-state index is -0.420. The second kappa shape index (κ2) is 7.14. The summed E-state index contributed by atoms with van der Waals surface area (Å²) in [6.07, 6.45) is 3.25. The van der Waals surface area contributed by atoms with Crippen molar-refractivity contribution >= 4 is 6.09 Å². The standard InChI is InChI=1S/C20H30N2O2/c1-20(2,3)24-19(23)22-14-11-17-10-13-21(15-18(17)22)12-9-16-7-5-4-6-8-16/h4-8,17-18H,9-15H2,1-3H3. The molecule has 2 saturated heterocycles. The van der Waals surface area contributed by atoms with Crippen molar-refractivity contribution in [2.45, 2.75) is 51.7 Å². The summed E-state index contributed by atoms with van der Waals surface area (Å²) in [4.78, 5) is 17.0. The Labute approximate surface area is 145 Å². The van der Waals surface area contributed by atoms with Crippen molar-refractivity contribution in [3.63, 3.8) is 0 Å². The number of ether oxygens (including phenoxy) is 1. The van der Waals surface area contributed by atoms with Gasteiger partial charge in [0, 0.05) is 19.6 Å². The van der Waals surface area contributed by atoms with E-state index in [1.807, 2.05) is 25.7 Å². The van der Waals surface area contributed by atoms with E-state index in [-0.39, 0.29) is 6.09 Å². The molecule has 0 N–H and O–H groups in total. The van der Waals surface area contributed by atoms with Crippen molar-refractivity contribution < 1.29 is 9.53 Å². The number of piperidine rings is 1. The Morgan fingerprint density at radius 3 is 2.58 bits per heavy atom. The number of amides is 1. The zero-order valence-corrected chi connectivity index (χ0v) is 15.2. The van der Waals surface area contributed by atoms with Crippen LogP contribution in [0.15, 0.2) is 30.3 Å². The van der Waals surface area contributed by atoms with E-state index >= 15 is 0 Å². The molecule has 4 heteroatoms. The highest BCUT2D eigenvalue weighted by atomic mass is 16.6. The first-order chi connectivity index (χ1) is 11.4. The highest BCUT2D eigenvalue weighted by Gasteiger charge is 2.41. The molecule has 4 nitrogen and oxygen atoms in total. The second-order valence-corrected chi connectivity index (χ2v) is 8.11. The van der Waals surface area contributed by atoms with Gasteiger partial charge < -0.3 is 14.5 Å². The molecular weight excluding hydrogens is 300 g/mol. The van der Waals surface area contributed by atoms with Crippen molar-refractivity contribution in [1.29, 1.82) is 0 Å². The molecule has 2 atom stereocenters. The molecule has 2 aliphatic heterocycles. The van der Waals surface area contributed by atoms with Gasteiger partial charge in [-0.05, 0) is 58.1 Å². The molecule has 2 heterocycles. The van der Waals surface area contributed by atoms with E-state index in [1.165, 1.54) is 12.0 Å².